The van der Waals surface area contributed by atoms with Gasteiger partial charge in [0.15, 0.2) is 0 Å². The molecule has 0 bridgehead atoms. The van der Waals surface area contributed by atoms with Crippen molar-refractivity contribution >= 4 is 11.9 Å². The quantitative estimate of drug-likeness (QED) is 0.529. The van der Waals surface area contributed by atoms with E-state index in [9.17, 15) is 9.59 Å². The number of esters is 2. The summed E-state index contributed by atoms with van der Waals surface area (Å²) < 4.78 is 10.5. The van der Waals surface area contributed by atoms with Gasteiger partial charge in [-0.1, -0.05) is 45.1 Å². The van der Waals surface area contributed by atoms with E-state index in [2.05, 4.69) is 0 Å². The Kier molecular flexibility index (Phi) is 3.05. The summed E-state index contributed by atoms with van der Waals surface area (Å²) in [7, 11) is 0. The van der Waals surface area contributed by atoms with Crippen LogP contribution in [-0.2, 0) is 19.1 Å². The van der Waals surface area contributed by atoms with Crippen LogP contribution in [-0.4, -0.2) is 18.2 Å². The second-order valence-corrected chi connectivity index (χ2v) is 5.77. The maximum absolute atomic E-state index is 11.4. The van der Waals surface area contributed by atoms with Gasteiger partial charge in [0, 0.05) is 0 Å². The first-order valence-electron chi connectivity index (χ1n) is 6.08. The normalized spacial score (nSPS) is 29.1. The van der Waals surface area contributed by atoms with Crippen LogP contribution >= 0.6 is 0 Å². The molecule has 0 saturated carbocycles. The third-order valence-electron chi connectivity index (χ3n) is 3.68. The van der Waals surface area contributed by atoms with Crippen molar-refractivity contribution in [3.63, 3.8) is 0 Å². The number of carbonyl (C=O) groups is 2. The van der Waals surface area contributed by atoms with Crippen molar-refractivity contribution in [3.8, 4) is 0 Å². The molecule has 0 radical (unpaired) electrons. The topological polar surface area (TPSA) is 52.6 Å². The lowest BCUT2D eigenvalue weighted by Crippen LogP contribution is -2.51. The second-order valence-electron chi connectivity index (χ2n) is 5.77. The zero-order chi connectivity index (χ0) is 13.4. The van der Waals surface area contributed by atoms with Crippen LogP contribution in [0.4, 0.5) is 0 Å². The van der Waals surface area contributed by atoms with Crippen LogP contribution in [0.3, 0.4) is 0 Å². The molecule has 98 valence electrons. The van der Waals surface area contributed by atoms with Crippen molar-refractivity contribution in [3.05, 3.63) is 24.3 Å². The molecule has 0 amide bonds. The van der Waals surface area contributed by atoms with Crippen molar-refractivity contribution in [2.24, 2.45) is 10.8 Å². The van der Waals surface area contributed by atoms with Gasteiger partial charge >= 0.3 is 11.9 Å². The Morgan fingerprint density at radius 3 is 2.22 bits per heavy atom. The Morgan fingerprint density at radius 1 is 1.17 bits per heavy atom. The molecule has 1 heterocycles. The summed E-state index contributed by atoms with van der Waals surface area (Å²) in [6, 6.07) is 0. The van der Waals surface area contributed by atoms with Crippen molar-refractivity contribution in [2.75, 3.05) is 0 Å². The number of cyclic esters (lactones) is 2. The van der Waals surface area contributed by atoms with E-state index in [0.29, 0.717) is 6.42 Å². The minimum Gasteiger partial charge on any atom is -0.424 e. The van der Waals surface area contributed by atoms with E-state index < -0.39 is 23.6 Å². The highest BCUT2D eigenvalue weighted by atomic mass is 16.7. The Morgan fingerprint density at radius 2 is 1.78 bits per heavy atom. The minimum absolute atomic E-state index is 0.198. The molecule has 0 aromatic carbocycles. The molecule has 1 atom stereocenters. The fourth-order valence-electron chi connectivity index (χ4n) is 2.40. The molecule has 1 saturated heterocycles. The van der Waals surface area contributed by atoms with Crippen LogP contribution in [0.25, 0.3) is 0 Å². The average molecular weight is 250 g/mol. The highest BCUT2D eigenvalue weighted by Crippen LogP contribution is 2.49. The van der Waals surface area contributed by atoms with E-state index in [1.807, 2.05) is 45.1 Å². The largest absolute Gasteiger partial charge is 0.424 e. The number of carbonyl (C=O) groups excluding carboxylic acids is 2. The molecule has 0 aromatic heterocycles. The van der Waals surface area contributed by atoms with Gasteiger partial charge in [-0.2, -0.15) is 0 Å². The van der Waals surface area contributed by atoms with Gasteiger partial charge in [0.1, 0.15) is 6.42 Å². The third-order valence-corrected chi connectivity index (χ3v) is 3.68. The Bertz CT molecular complexity index is 412. The Hall–Kier alpha value is -1.58. The molecule has 2 rings (SSSR count). The molecule has 1 aliphatic heterocycles. The van der Waals surface area contributed by atoms with Gasteiger partial charge in [-0.15, -0.1) is 0 Å². The van der Waals surface area contributed by atoms with Gasteiger partial charge in [0.25, 0.3) is 6.29 Å². The standard InChI is InChI=1S/C14H18O4/c1-13(2,3)14(7-5-4-6-8-14)12-17-10(15)9-11(16)18-12/h4-7,12H,8-9H2,1-3H3. The van der Waals surface area contributed by atoms with Crippen LogP contribution in [0, 0.1) is 10.8 Å². The molecule has 0 N–H and O–H groups in total. The molecule has 2 aliphatic rings. The average Bonchev–Trinajstić information content (AvgIpc) is 2.27. The van der Waals surface area contributed by atoms with Crippen LogP contribution in [0.5, 0.6) is 0 Å². The van der Waals surface area contributed by atoms with E-state index in [1.165, 1.54) is 0 Å². The number of rotatable bonds is 1. The summed E-state index contributed by atoms with van der Waals surface area (Å²) in [6.07, 6.45) is 7.37. The second kappa shape index (κ2) is 4.26. The van der Waals surface area contributed by atoms with Crippen molar-refractivity contribution in [1.82, 2.24) is 0 Å². The Labute approximate surface area is 107 Å². The number of allylic oxidation sites excluding steroid dienone is 3. The first-order valence-corrected chi connectivity index (χ1v) is 6.08. The van der Waals surface area contributed by atoms with Crippen LogP contribution in [0.2, 0.25) is 0 Å². The minimum atomic E-state index is -0.840. The lowest BCUT2D eigenvalue weighted by Gasteiger charge is -2.47. The van der Waals surface area contributed by atoms with Crippen LogP contribution in [0.1, 0.15) is 33.6 Å². The van der Waals surface area contributed by atoms with Crippen LogP contribution < -0.4 is 0 Å². The van der Waals surface area contributed by atoms with Gasteiger partial charge in [0.2, 0.25) is 0 Å². The molecule has 18 heavy (non-hydrogen) atoms. The molecule has 4 heteroatoms. The molecular formula is C14H18O4. The van der Waals surface area contributed by atoms with E-state index in [1.54, 1.807) is 0 Å². The molecule has 0 spiro atoms. The lowest BCUT2D eigenvalue weighted by atomic mass is 9.62. The van der Waals surface area contributed by atoms with E-state index in [4.69, 9.17) is 9.47 Å². The van der Waals surface area contributed by atoms with E-state index >= 15 is 0 Å². The summed E-state index contributed by atoms with van der Waals surface area (Å²) in [5, 5.41) is 0. The van der Waals surface area contributed by atoms with Gasteiger partial charge in [-0.05, 0) is 11.8 Å². The summed E-state index contributed by atoms with van der Waals surface area (Å²) in [5.41, 5.74) is -0.704. The highest BCUT2D eigenvalue weighted by molar-refractivity contribution is 5.92. The smallest absolute Gasteiger partial charge is 0.320 e. The first-order chi connectivity index (χ1) is 8.35. The van der Waals surface area contributed by atoms with E-state index in [0.717, 1.165) is 0 Å². The first kappa shape index (κ1) is 12.9. The van der Waals surface area contributed by atoms with Crippen LogP contribution in [0.15, 0.2) is 24.3 Å². The highest BCUT2D eigenvalue weighted by Gasteiger charge is 2.52. The van der Waals surface area contributed by atoms with Gasteiger partial charge in [-0.3, -0.25) is 9.59 Å². The summed E-state index contributed by atoms with van der Waals surface area (Å²) in [6.45, 7) is 6.15. The van der Waals surface area contributed by atoms with E-state index in [-0.39, 0.29) is 11.8 Å². The van der Waals surface area contributed by atoms with Gasteiger partial charge in [0.05, 0.1) is 5.41 Å². The van der Waals surface area contributed by atoms with Gasteiger partial charge in [-0.25, -0.2) is 0 Å². The summed E-state index contributed by atoms with van der Waals surface area (Å²) in [5.74, 6) is -1.02. The monoisotopic (exact) mass is 250 g/mol. The fraction of sp³-hybridized carbons (Fsp3) is 0.571. The number of ether oxygens (including phenoxy) is 2. The maximum Gasteiger partial charge on any atom is 0.320 e. The molecule has 1 fully saturated rings. The number of hydrogen-bond acceptors (Lipinski definition) is 4. The molecule has 1 aliphatic carbocycles. The fourth-order valence-corrected chi connectivity index (χ4v) is 2.40. The SMILES string of the molecule is CC(C)(C)C1(C2OC(=O)CC(=O)O2)C=CC=CC1. The number of hydrogen-bond donors (Lipinski definition) is 0. The molecular weight excluding hydrogens is 232 g/mol. The third kappa shape index (κ3) is 2.07. The maximum atomic E-state index is 11.4. The summed E-state index contributed by atoms with van der Waals surface area (Å²) >= 11 is 0. The zero-order valence-corrected chi connectivity index (χ0v) is 10.9. The molecule has 0 aromatic rings. The van der Waals surface area contributed by atoms with Crippen molar-refractivity contribution in [2.45, 2.75) is 39.9 Å². The lowest BCUT2D eigenvalue weighted by molar-refractivity contribution is -0.233. The zero-order valence-electron chi connectivity index (χ0n) is 10.9. The predicted octanol–water partition coefficient (Wildman–Crippen LogP) is 2.35. The van der Waals surface area contributed by atoms with Crippen molar-refractivity contribution < 1.29 is 19.1 Å². The van der Waals surface area contributed by atoms with Crippen molar-refractivity contribution in [1.29, 1.82) is 0 Å². The Balaban J connectivity index is 2.36. The summed E-state index contributed by atoms with van der Waals surface area (Å²) in [4.78, 5) is 22.9. The molecule has 4 nitrogen and oxygen atoms in total. The molecule has 1 unspecified atom stereocenters. The predicted molar refractivity (Wildman–Crippen MR) is 65.4 cm³/mol. The van der Waals surface area contributed by atoms with Gasteiger partial charge < -0.3 is 9.47 Å².